The topological polar surface area (TPSA) is 109 Å². The number of carbonyl (C=O) groups excluding carboxylic acids is 2. The number of carboxylic acid groups (broad SMARTS) is 1. The van der Waals surface area contributed by atoms with Gasteiger partial charge < -0.3 is 20.1 Å². The molecule has 8 heteroatoms. The third kappa shape index (κ3) is 7.06. The van der Waals surface area contributed by atoms with Crippen LogP contribution in [0.4, 0.5) is 4.79 Å². The molecule has 1 heterocycles. The monoisotopic (exact) mass is 385 g/mol. The molecule has 0 aliphatic rings. The van der Waals surface area contributed by atoms with Gasteiger partial charge in [0.15, 0.2) is 0 Å². The summed E-state index contributed by atoms with van der Waals surface area (Å²) in [5.41, 5.74) is 1.62. The third-order valence-corrected chi connectivity index (χ3v) is 3.98. The number of pyridine rings is 1. The number of nitrogens with zero attached hydrogens (tertiary/aromatic N) is 2. The van der Waals surface area contributed by atoms with Crippen LogP contribution in [0.15, 0.2) is 54.9 Å². The zero-order valence-corrected chi connectivity index (χ0v) is 15.6. The number of benzene rings is 1. The van der Waals surface area contributed by atoms with Crippen molar-refractivity contribution in [3.63, 3.8) is 0 Å². The van der Waals surface area contributed by atoms with Crippen molar-refractivity contribution >= 4 is 18.0 Å². The van der Waals surface area contributed by atoms with Crippen molar-refractivity contribution in [2.75, 3.05) is 13.6 Å². The van der Waals surface area contributed by atoms with E-state index in [0.717, 1.165) is 11.1 Å². The Morgan fingerprint density at radius 1 is 1.14 bits per heavy atom. The lowest BCUT2D eigenvalue weighted by Gasteiger charge is -2.20. The second kappa shape index (κ2) is 10.7. The quantitative estimate of drug-likeness (QED) is 0.682. The van der Waals surface area contributed by atoms with Crippen LogP contribution < -0.4 is 5.32 Å². The van der Waals surface area contributed by atoms with Gasteiger partial charge in [-0.3, -0.25) is 9.78 Å². The van der Waals surface area contributed by atoms with Crippen LogP contribution >= 0.6 is 0 Å². The fraction of sp³-hybridized carbons (Fsp3) is 0.300. The van der Waals surface area contributed by atoms with E-state index >= 15 is 0 Å². The minimum Gasteiger partial charge on any atom is -0.478 e. The SMILES string of the molecule is CN(CCC(=O)NCc1cccnc1)C(=O)O[C@@H](Cc1ccccc1)C(=O)O. The molecule has 1 atom stereocenters. The van der Waals surface area contributed by atoms with Crippen LogP contribution in [0.2, 0.25) is 0 Å². The van der Waals surface area contributed by atoms with Crippen molar-refractivity contribution in [2.24, 2.45) is 0 Å². The van der Waals surface area contributed by atoms with Gasteiger partial charge in [0.2, 0.25) is 12.0 Å². The summed E-state index contributed by atoms with van der Waals surface area (Å²) in [6, 6.07) is 12.5. The van der Waals surface area contributed by atoms with Crippen LogP contribution in [-0.4, -0.2) is 52.7 Å². The molecule has 0 spiro atoms. The molecular weight excluding hydrogens is 362 g/mol. The maximum atomic E-state index is 12.1. The Morgan fingerprint density at radius 2 is 1.86 bits per heavy atom. The zero-order valence-electron chi connectivity index (χ0n) is 15.6. The van der Waals surface area contributed by atoms with Gasteiger partial charge in [-0.25, -0.2) is 9.59 Å². The average molecular weight is 385 g/mol. The largest absolute Gasteiger partial charge is 0.478 e. The zero-order chi connectivity index (χ0) is 20.4. The van der Waals surface area contributed by atoms with Gasteiger partial charge in [-0.1, -0.05) is 36.4 Å². The number of nitrogens with one attached hydrogen (secondary N) is 1. The average Bonchev–Trinajstić information content (AvgIpc) is 2.71. The van der Waals surface area contributed by atoms with Crippen LogP contribution in [0.3, 0.4) is 0 Å². The minimum atomic E-state index is -1.29. The number of hydrogen-bond donors (Lipinski definition) is 2. The highest BCUT2D eigenvalue weighted by atomic mass is 16.6. The van der Waals surface area contributed by atoms with E-state index in [-0.39, 0.29) is 25.3 Å². The lowest BCUT2D eigenvalue weighted by Crippen LogP contribution is -2.37. The highest BCUT2D eigenvalue weighted by molar-refractivity contribution is 5.79. The summed E-state index contributed by atoms with van der Waals surface area (Å²) in [5, 5.41) is 12.0. The van der Waals surface area contributed by atoms with Gasteiger partial charge in [0.05, 0.1) is 0 Å². The molecule has 28 heavy (non-hydrogen) atoms. The van der Waals surface area contributed by atoms with Gasteiger partial charge in [-0.2, -0.15) is 0 Å². The van der Waals surface area contributed by atoms with Crippen LogP contribution in [0, 0.1) is 0 Å². The molecule has 0 saturated heterocycles. The first kappa shape index (κ1) is 20.9. The van der Waals surface area contributed by atoms with Crippen LogP contribution in [-0.2, 0) is 27.3 Å². The van der Waals surface area contributed by atoms with E-state index in [1.54, 1.807) is 42.7 Å². The first-order valence-electron chi connectivity index (χ1n) is 8.80. The summed E-state index contributed by atoms with van der Waals surface area (Å²) < 4.78 is 5.09. The van der Waals surface area contributed by atoms with Crippen molar-refractivity contribution in [2.45, 2.75) is 25.5 Å². The Bertz CT molecular complexity index is 783. The van der Waals surface area contributed by atoms with Gasteiger partial charge in [0, 0.05) is 45.4 Å². The molecule has 8 nitrogen and oxygen atoms in total. The molecule has 1 aromatic carbocycles. The van der Waals surface area contributed by atoms with E-state index < -0.39 is 18.2 Å². The minimum absolute atomic E-state index is 0.0708. The molecule has 0 fully saturated rings. The Balaban J connectivity index is 1.77. The third-order valence-electron chi connectivity index (χ3n) is 3.98. The van der Waals surface area contributed by atoms with Crippen molar-refractivity contribution in [1.29, 1.82) is 0 Å². The van der Waals surface area contributed by atoms with Crippen LogP contribution in [0.5, 0.6) is 0 Å². The molecular formula is C20H23N3O5. The molecule has 2 amide bonds. The Kier molecular flexibility index (Phi) is 7.95. The summed E-state index contributed by atoms with van der Waals surface area (Å²) >= 11 is 0. The summed E-state index contributed by atoms with van der Waals surface area (Å²) in [6.45, 7) is 0.453. The van der Waals surface area contributed by atoms with Crippen molar-refractivity contribution < 1.29 is 24.2 Å². The normalized spacial score (nSPS) is 11.3. The van der Waals surface area contributed by atoms with E-state index in [9.17, 15) is 19.5 Å². The standard InChI is InChI=1S/C20H23N3O5/c1-23(11-9-18(24)22-14-16-8-5-10-21-13-16)20(27)28-17(19(25)26)12-15-6-3-2-4-7-15/h2-8,10,13,17H,9,11-12,14H2,1H3,(H,22,24)(H,25,26)/t17-/m0/s1. The molecule has 1 aromatic heterocycles. The molecule has 2 aromatic rings. The summed E-state index contributed by atoms with van der Waals surface area (Å²) in [6.07, 6.45) is 1.36. The van der Waals surface area contributed by atoms with E-state index in [4.69, 9.17) is 4.74 Å². The predicted octanol–water partition coefficient (Wildman–Crippen LogP) is 1.85. The number of ether oxygens (including phenoxy) is 1. The molecule has 0 bridgehead atoms. The number of rotatable bonds is 9. The molecule has 0 aliphatic heterocycles. The first-order chi connectivity index (χ1) is 13.5. The lowest BCUT2D eigenvalue weighted by atomic mass is 10.1. The highest BCUT2D eigenvalue weighted by Gasteiger charge is 2.24. The molecule has 0 aliphatic carbocycles. The first-order valence-corrected chi connectivity index (χ1v) is 8.80. The van der Waals surface area contributed by atoms with Crippen molar-refractivity contribution in [3.05, 3.63) is 66.0 Å². The maximum absolute atomic E-state index is 12.1. The van der Waals surface area contributed by atoms with Gasteiger partial charge in [0.1, 0.15) is 0 Å². The lowest BCUT2D eigenvalue weighted by molar-refractivity contribution is -0.147. The summed E-state index contributed by atoms with van der Waals surface area (Å²) in [5.74, 6) is -1.46. The molecule has 2 rings (SSSR count). The Labute approximate surface area is 163 Å². The molecule has 148 valence electrons. The number of carbonyl (C=O) groups is 3. The van der Waals surface area contributed by atoms with E-state index in [0.29, 0.717) is 6.54 Å². The van der Waals surface area contributed by atoms with E-state index in [2.05, 4.69) is 10.3 Å². The number of amides is 2. The van der Waals surface area contributed by atoms with Crippen molar-refractivity contribution in [3.8, 4) is 0 Å². The van der Waals surface area contributed by atoms with E-state index in [1.807, 2.05) is 12.1 Å². The number of hydrogen-bond acceptors (Lipinski definition) is 5. The van der Waals surface area contributed by atoms with E-state index in [1.165, 1.54) is 11.9 Å². The molecule has 0 unspecified atom stereocenters. The number of aromatic nitrogens is 1. The molecule has 0 saturated carbocycles. The van der Waals surface area contributed by atoms with Gasteiger partial charge >= 0.3 is 12.1 Å². The second-order valence-corrected chi connectivity index (χ2v) is 6.21. The molecule has 2 N–H and O–H groups in total. The number of carboxylic acids is 1. The highest BCUT2D eigenvalue weighted by Crippen LogP contribution is 2.08. The summed E-state index contributed by atoms with van der Waals surface area (Å²) in [7, 11) is 1.46. The smallest absolute Gasteiger partial charge is 0.410 e. The Hall–Kier alpha value is -3.42. The predicted molar refractivity (Wildman–Crippen MR) is 101 cm³/mol. The van der Waals surface area contributed by atoms with Crippen molar-refractivity contribution in [1.82, 2.24) is 15.2 Å². The van der Waals surface area contributed by atoms with Gasteiger partial charge in [0.25, 0.3) is 0 Å². The van der Waals surface area contributed by atoms with Gasteiger partial charge in [-0.05, 0) is 17.2 Å². The maximum Gasteiger partial charge on any atom is 0.410 e. The fourth-order valence-corrected chi connectivity index (χ4v) is 2.37. The summed E-state index contributed by atoms with van der Waals surface area (Å²) in [4.78, 5) is 40.6. The fourth-order valence-electron chi connectivity index (χ4n) is 2.37. The molecule has 0 radical (unpaired) electrons. The Morgan fingerprint density at radius 3 is 2.50 bits per heavy atom. The number of aliphatic carboxylic acids is 1. The van der Waals surface area contributed by atoms with Crippen LogP contribution in [0.25, 0.3) is 0 Å². The second-order valence-electron chi connectivity index (χ2n) is 6.21. The van der Waals surface area contributed by atoms with Gasteiger partial charge in [-0.15, -0.1) is 0 Å². The van der Waals surface area contributed by atoms with Crippen LogP contribution in [0.1, 0.15) is 17.5 Å².